The Bertz CT molecular complexity index is 746. The van der Waals surface area contributed by atoms with E-state index in [1.807, 2.05) is 6.92 Å². The van der Waals surface area contributed by atoms with Crippen molar-refractivity contribution >= 4 is 34.9 Å². The topological polar surface area (TPSA) is 62.3 Å². The highest BCUT2D eigenvalue weighted by molar-refractivity contribution is 8.00. The minimum atomic E-state index is -1.05. The van der Waals surface area contributed by atoms with Crippen LogP contribution >= 0.6 is 23.1 Å². The van der Waals surface area contributed by atoms with E-state index in [9.17, 15) is 14.0 Å². The summed E-state index contributed by atoms with van der Waals surface area (Å²) in [6, 6.07) is -0.306. The molecule has 1 aromatic heterocycles. The molecule has 8 heteroatoms. The minimum Gasteiger partial charge on any atom is -0.353 e. The number of hydrogen-bond donors (Lipinski definition) is 1. The Morgan fingerprint density at radius 2 is 2.33 bits per heavy atom. The molecule has 0 spiro atoms. The van der Waals surface area contributed by atoms with Crippen LogP contribution in [0, 0.1) is 19.3 Å². The van der Waals surface area contributed by atoms with Crippen LogP contribution in [0.15, 0.2) is 0 Å². The molecule has 1 aliphatic carbocycles. The molecule has 1 fully saturated rings. The number of alkyl halides is 1. The smallest absolute Gasteiger partial charge is 0.232 e. The summed E-state index contributed by atoms with van der Waals surface area (Å²) in [4.78, 5) is 32.4. The number of carbonyl (C=O) groups is 2. The fraction of sp³-hybridized carbons (Fsp3) is 0.632. The zero-order valence-corrected chi connectivity index (χ0v) is 17.0. The third-order valence-corrected chi connectivity index (χ3v) is 6.84. The molecule has 0 radical (unpaired) electrons. The number of aromatic nitrogens is 1. The fourth-order valence-corrected chi connectivity index (χ4v) is 5.34. The van der Waals surface area contributed by atoms with E-state index >= 15 is 0 Å². The van der Waals surface area contributed by atoms with E-state index in [1.165, 1.54) is 16.6 Å². The van der Waals surface area contributed by atoms with Gasteiger partial charge in [0.2, 0.25) is 11.8 Å². The normalized spacial score (nSPS) is 24.3. The third kappa shape index (κ3) is 4.82. The number of thiazole rings is 1. The predicted molar refractivity (Wildman–Crippen MR) is 107 cm³/mol. The van der Waals surface area contributed by atoms with E-state index in [-0.39, 0.29) is 49.0 Å². The van der Waals surface area contributed by atoms with Crippen LogP contribution in [0.3, 0.4) is 0 Å². The van der Waals surface area contributed by atoms with Gasteiger partial charge in [0, 0.05) is 17.8 Å². The molecule has 3 atom stereocenters. The van der Waals surface area contributed by atoms with Crippen molar-refractivity contribution in [3.8, 4) is 12.3 Å². The fourth-order valence-electron chi connectivity index (χ4n) is 3.79. The number of hydrogen-bond acceptors (Lipinski definition) is 5. The average molecular weight is 410 g/mol. The Kier molecular flexibility index (Phi) is 6.77. The van der Waals surface area contributed by atoms with Crippen molar-refractivity contribution in [2.75, 3.05) is 24.6 Å². The summed E-state index contributed by atoms with van der Waals surface area (Å²) in [5.74, 6) is 2.74. The highest BCUT2D eigenvalue weighted by Crippen LogP contribution is 2.37. The van der Waals surface area contributed by atoms with Gasteiger partial charge in [0.25, 0.3) is 0 Å². The molecule has 27 heavy (non-hydrogen) atoms. The first-order valence-electron chi connectivity index (χ1n) is 9.18. The number of aryl methyl sites for hydroxylation is 2. The molecule has 0 saturated carbocycles. The Morgan fingerprint density at radius 1 is 1.52 bits per heavy atom. The number of thioether (sulfide) groups is 1. The van der Waals surface area contributed by atoms with Gasteiger partial charge in [-0.1, -0.05) is 5.92 Å². The van der Waals surface area contributed by atoms with Crippen molar-refractivity contribution in [1.29, 1.82) is 0 Å². The molecule has 3 rings (SSSR count). The van der Waals surface area contributed by atoms with Crippen molar-refractivity contribution in [3.05, 3.63) is 15.6 Å². The van der Waals surface area contributed by atoms with E-state index in [0.29, 0.717) is 5.75 Å². The first-order valence-corrected chi connectivity index (χ1v) is 11.1. The number of nitrogens with one attached hydrogen (secondary N) is 1. The van der Waals surface area contributed by atoms with Gasteiger partial charge in [-0.2, -0.15) is 0 Å². The van der Waals surface area contributed by atoms with Gasteiger partial charge >= 0.3 is 0 Å². The van der Waals surface area contributed by atoms with Gasteiger partial charge in [0.1, 0.15) is 6.17 Å². The summed E-state index contributed by atoms with van der Waals surface area (Å²) in [7, 11) is 0. The molecule has 0 bridgehead atoms. The lowest BCUT2D eigenvalue weighted by atomic mass is 9.89. The van der Waals surface area contributed by atoms with Crippen LogP contribution in [0.5, 0.6) is 0 Å². The number of terminal acetylenes is 1. The highest BCUT2D eigenvalue weighted by atomic mass is 32.2. The monoisotopic (exact) mass is 409 g/mol. The second-order valence-corrected chi connectivity index (χ2v) is 9.24. The van der Waals surface area contributed by atoms with Gasteiger partial charge in [-0.05, 0) is 26.2 Å². The maximum absolute atomic E-state index is 14.1. The van der Waals surface area contributed by atoms with Gasteiger partial charge in [-0.15, -0.1) is 29.5 Å². The molecular formula is C19H24FN3O2S2. The first-order chi connectivity index (χ1) is 13.0. The summed E-state index contributed by atoms with van der Waals surface area (Å²) in [6.07, 6.45) is 7.05. The Morgan fingerprint density at radius 3 is 3.11 bits per heavy atom. The zero-order valence-electron chi connectivity index (χ0n) is 15.4. The quantitative estimate of drug-likeness (QED) is 0.579. The van der Waals surface area contributed by atoms with E-state index in [2.05, 4.69) is 16.2 Å². The first kappa shape index (κ1) is 20.2. The van der Waals surface area contributed by atoms with E-state index in [4.69, 9.17) is 6.42 Å². The number of carbonyl (C=O) groups excluding carboxylic acids is 2. The van der Waals surface area contributed by atoms with Crippen LogP contribution in [0.25, 0.3) is 0 Å². The number of rotatable bonds is 6. The van der Waals surface area contributed by atoms with Crippen LogP contribution in [0.4, 0.5) is 4.39 Å². The van der Waals surface area contributed by atoms with Crippen LogP contribution in [0.1, 0.15) is 40.8 Å². The standard InChI is InChI=1S/C19H24FN3O2S2/c1-3-7-26-11-17(24)21-9-14-8-13(20)10-23(14)19(25)15-5-4-6-16-18(15)22-12(2)27-16/h1,13-15H,4-11H2,2H3,(H,21,24)/t13-,14-,15?/m0/s1. The van der Waals surface area contributed by atoms with Crippen molar-refractivity contribution in [1.82, 2.24) is 15.2 Å². The van der Waals surface area contributed by atoms with Crippen molar-refractivity contribution in [2.24, 2.45) is 0 Å². The third-order valence-electron chi connectivity index (χ3n) is 4.96. The Labute approximate surface area is 167 Å². The lowest BCUT2D eigenvalue weighted by Gasteiger charge is -2.30. The van der Waals surface area contributed by atoms with Crippen molar-refractivity contribution in [2.45, 2.75) is 50.7 Å². The summed E-state index contributed by atoms with van der Waals surface area (Å²) < 4.78 is 14.1. The molecule has 2 amide bonds. The molecule has 0 aromatic carbocycles. The summed E-state index contributed by atoms with van der Waals surface area (Å²) in [5.41, 5.74) is 0.879. The van der Waals surface area contributed by atoms with Crippen LogP contribution in [-0.2, 0) is 16.0 Å². The molecular weight excluding hydrogens is 385 g/mol. The van der Waals surface area contributed by atoms with Crippen molar-refractivity contribution in [3.63, 3.8) is 0 Å². The maximum atomic E-state index is 14.1. The van der Waals surface area contributed by atoms with Gasteiger partial charge < -0.3 is 10.2 Å². The molecule has 2 aliphatic rings. The van der Waals surface area contributed by atoms with Gasteiger partial charge in [0.15, 0.2) is 0 Å². The maximum Gasteiger partial charge on any atom is 0.232 e. The largest absolute Gasteiger partial charge is 0.353 e. The van der Waals surface area contributed by atoms with Crippen LogP contribution in [0.2, 0.25) is 0 Å². The minimum absolute atomic E-state index is 0.0534. The summed E-state index contributed by atoms with van der Waals surface area (Å²) in [6.45, 7) is 2.33. The number of nitrogens with zero attached hydrogens (tertiary/aromatic N) is 2. The predicted octanol–water partition coefficient (Wildman–Crippen LogP) is 2.29. The van der Waals surface area contributed by atoms with Gasteiger partial charge in [-0.3, -0.25) is 9.59 Å². The Hall–Kier alpha value is -1.59. The SMILES string of the molecule is C#CCSCC(=O)NC[C@@H]1C[C@H](F)CN1C(=O)C1CCCc2sc(C)nc21. The molecule has 1 N–H and O–H groups in total. The number of fused-ring (bicyclic) bond motifs is 1. The van der Waals surface area contributed by atoms with Crippen molar-refractivity contribution < 1.29 is 14.0 Å². The van der Waals surface area contributed by atoms with Gasteiger partial charge in [-0.25, -0.2) is 9.37 Å². The van der Waals surface area contributed by atoms with E-state index < -0.39 is 6.17 Å². The average Bonchev–Trinajstić information content (AvgIpc) is 3.20. The van der Waals surface area contributed by atoms with Crippen LogP contribution < -0.4 is 5.32 Å². The molecule has 1 aromatic rings. The molecule has 5 nitrogen and oxygen atoms in total. The molecule has 146 valence electrons. The highest BCUT2D eigenvalue weighted by Gasteiger charge is 2.40. The van der Waals surface area contributed by atoms with E-state index in [0.717, 1.165) is 30.0 Å². The van der Waals surface area contributed by atoms with E-state index in [1.54, 1.807) is 16.2 Å². The molecule has 1 aliphatic heterocycles. The lowest BCUT2D eigenvalue weighted by molar-refractivity contribution is -0.134. The Balaban J connectivity index is 1.63. The summed E-state index contributed by atoms with van der Waals surface area (Å²) >= 11 is 3.01. The molecule has 2 heterocycles. The number of amides is 2. The van der Waals surface area contributed by atoms with Gasteiger partial charge in [0.05, 0.1) is 40.7 Å². The molecule has 1 saturated heterocycles. The van der Waals surface area contributed by atoms with Crippen LogP contribution in [-0.4, -0.2) is 58.5 Å². The zero-order chi connectivity index (χ0) is 19.4. The number of likely N-dealkylation sites (tertiary alicyclic amines) is 1. The number of halogens is 1. The molecule has 1 unspecified atom stereocenters. The summed E-state index contributed by atoms with van der Waals surface area (Å²) in [5, 5.41) is 3.78. The second kappa shape index (κ2) is 9.07. The second-order valence-electron chi connectivity index (χ2n) is 6.96. The lowest BCUT2D eigenvalue weighted by Crippen LogP contribution is -2.45.